The number of nitrogens with two attached hydrogens (primary N) is 1. The molecule has 0 amide bonds. The Kier molecular flexibility index (Phi) is 4.11. The van der Waals surface area contributed by atoms with Gasteiger partial charge >= 0.3 is 5.97 Å². The van der Waals surface area contributed by atoms with Gasteiger partial charge in [-0.3, -0.25) is 4.79 Å². The van der Waals surface area contributed by atoms with Crippen molar-refractivity contribution in [2.75, 3.05) is 0 Å². The Morgan fingerprint density at radius 1 is 1.55 bits per heavy atom. The second kappa shape index (κ2) is 4.34. The second-order valence-corrected chi connectivity index (χ2v) is 3.18. The number of hydrogen-bond donors (Lipinski definition) is 2. The second-order valence-electron chi connectivity index (χ2n) is 3.18. The van der Waals surface area contributed by atoms with Gasteiger partial charge in [0.15, 0.2) is 0 Å². The maximum absolute atomic E-state index is 10.7. The molecule has 2 atom stereocenters. The highest BCUT2D eigenvalue weighted by Crippen LogP contribution is 2.16. The average Bonchev–Trinajstić information content (AvgIpc) is 1.85. The Hall–Kier alpha value is -0.570. The highest BCUT2D eigenvalue weighted by atomic mass is 16.4. The lowest BCUT2D eigenvalue weighted by Crippen LogP contribution is -2.38. The molecule has 0 fully saturated rings. The zero-order chi connectivity index (χ0) is 9.02. The third kappa shape index (κ3) is 2.89. The summed E-state index contributed by atoms with van der Waals surface area (Å²) in [7, 11) is 0. The summed E-state index contributed by atoms with van der Waals surface area (Å²) in [4.78, 5) is 10.7. The topological polar surface area (TPSA) is 63.3 Å². The van der Waals surface area contributed by atoms with Gasteiger partial charge in [0.05, 0.1) is 5.92 Å². The van der Waals surface area contributed by atoms with Crippen molar-refractivity contribution in [3.8, 4) is 0 Å². The van der Waals surface area contributed by atoms with Gasteiger partial charge in [0, 0.05) is 6.04 Å². The molecule has 0 aliphatic rings. The van der Waals surface area contributed by atoms with Crippen molar-refractivity contribution < 1.29 is 9.90 Å². The molecule has 0 aliphatic heterocycles. The van der Waals surface area contributed by atoms with Crippen molar-refractivity contribution in [2.45, 2.75) is 33.2 Å². The van der Waals surface area contributed by atoms with Gasteiger partial charge in [0.2, 0.25) is 0 Å². The van der Waals surface area contributed by atoms with Gasteiger partial charge in [0.25, 0.3) is 0 Å². The van der Waals surface area contributed by atoms with Gasteiger partial charge in [-0.05, 0) is 12.3 Å². The molecule has 11 heavy (non-hydrogen) atoms. The Labute approximate surface area is 67.6 Å². The number of carboxylic acid groups (broad SMARTS) is 1. The van der Waals surface area contributed by atoms with E-state index in [0.29, 0.717) is 0 Å². The van der Waals surface area contributed by atoms with E-state index in [0.717, 1.165) is 6.42 Å². The van der Waals surface area contributed by atoms with Crippen LogP contribution in [0.15, 0.2) is 0 Å². The van der Waals surface area contributed by atoms with Crippen molar-refractivity contribution in [2.24, 2.45) is 17.6 Å². The summed E-state index contributed by atoms with van der Waals surface area (Å²) in [5.41, 5.74) is 5.64. The predicted octanol–water partition coefficient (Wildman–Crippen LogP) is 1.08. The van der Waals surface area contributed by atoms with Crippen LogP contribution in [0.2, 0.25) is 0 Å². The first kappa shape index (κ1) is 10.4. The summed E-state index contributed by atoms with van der Waals surface area (Å²) >= 11 is 0. The van der Waals surface area contributed by atoms with Crippen LogP contribution in [0.3, 0.4) is 0 Å². The normalized spacial score (nSPS) is 16.5. The molecule has 0 aromatic carbocycles. The van der Waals surface area contributed by atoms with Crippen molar-refractivity contribution in [1.29, 1.82) is 0 Å². The lowest BCUT2D eigenvalue weighted by Gasteiger charge is -2.21. The fraction of sp³-hybridized carbons (Fsp3) is 0.875. The molecule has 0 saturated carbocycles. The van der Waals surface area contributed by atoms with E-state index in [-0.39, 0.29) is 12.0 Å². The van der Waals surface area contributed by atoms with E-state index in [1.807, 2.05) is 20.8 Å². The number of carbonyl (C=O) groups is 1. The van der Waals surface area contributed by atoms with Crippen LogP contribution in [0.1, 0.15) is 27.2 Å². The zero-order valence-corrected chi connectivity index (χ0v) is 7.37. The van der Waals surface area contributed by atoms with Crippen LogP contribution in [-0.2, 0) is 4.79 Å². The molecule has 0 spiro atoms. The molecule has 0 aromatic rings. The Balaban J connectivity index is 4.21. The van der Waals surface area contributed by atoms with E-state index in [1.54, 1.807) is 0 Å². The lowest BCUT2D eigenvalue weighted by molar-refractivity contribution is -0.144. The number of hydrogen-bond acceptors (Lipinski definition) is 2. The van der Waals surface area contributed by atoms with E-state index in [9.17, 15) is 4.79 Å². The molecule has 3 nitrogen and oxygen atoms in total. The monoisotopic (exact) mass is 159 g/mol. The molecule has 0 aromatic heterocycles. The largest absolute Gasteiger partial charge is 0.481 e. The van der Waals surface area contributed by atoms with E-state index < -0.39 is 11.9 Å². The quantitative estimate of drug-likeness (QED) is 0.645. The van der Waals surface area contributed by atoms with Crippen molar-refractivity contribution in [3.63, 3.8) is 0 Å². The maximum atomic E-state index is 10.7. The lowest BCUT2D eigenvalue weighted by atomic mass is 9.88. The molecule has 3 N–H and O–H groups in total. The summed E-state index contributed by atoms with van der Waals surface area (Å²) < 4.78 is 0. The summed E-state index contributed by atoms with van der Waals surface area (Å²) in [6.45, 7) is 5.67. The minimum Gasteiger partial charge on any atom is -0.481 e. The van der Waals surface area contributed by atoms with E-state index in [2.05, 4.69) is 0 Å². The van der Waals surface area contributed by atoms with Gasteiger partial charge < -0.3 is 10.8 Å². The van der Waals surface area contributed by atoms with Crippen LogP contribution in [0, 0.1) is 11.8 Å². The average molecular weight is 159 g/mol. The fourth-order valence-electron chi connectivity index (χ4n) is 1.22. The molecule has 0 bridgehead atoms. The van der Waals surface area contributed by atoms with Crippen LogP contribution < -0.4 is 5.73 Å². The molecule has 0 rings (SSSR count). The van der Waals surface area contributed by atoms with Crippen LogP contribution in [0.5, 0.6) is 0 Å². The first-order valence-corrected chi connectivity index (χ1v) is 3.99. The summed E-state index contributed by atoms with van der Waals surface area (Å²) in [6.07, 6.45) is 0.717. The highest BCUT2D eigenvalue weighted by molar-refractivity contribution is 5.71. The van der Waals surface area contributed by atoms with E-state index in [1.165, 1.54) is 0 Å². The Morgan fingerprint density at radius 3 is 2.09 bits per heavy atom. The van der Waals surface area contributed by atoms with Gasteiger partial charge in [-0.15, -0.1) is 0 Å². The molecule has 0 heterocycles. The van der Waals surface area contributed by atoms with E-state index in [4.69, 9.17) is 10.8 Å². The van der Waals surface area contributed by atoms with Gasteiger partial charge in [-0.25, -0.2) is 0 Å². The summed E-state index contributed by atoms with van der Waals surface area (Å²) in [5.74, 6) is -1.07. The zero-order valence-electron chi connectivity index (χ0n) is 7.37. The van der Waals surface area contributed by atoms with Gasteiger partial charge in [0.1, 0.15) is 0 Å². The minimum absolute atomic E-state index is 0.113. The predicted molar refractivity (Wildman–Crippen MR) is 44.2 cm³/mol. The molecule has 0 aliphatic carbocycles. The number of rotatable bonds is 4. The third-order valence-corrected chi connectivity index (χ3v) is 1.94. The molecule has 3 heteroatoms. The van der Waals surface area contributed by atoms with E-state index >= 15 is 0 Å². The SMILES string of the molecule is CCC(N)C(C(=O)O)C(C)C. The Bertz CT molecular complexity index is 134. The summed E-state index contributed by atoms with van der Waals surface area (Å²) in [6, 6.07) is -0.215. The molecule has 2 unspecified atom stereocenters. The smallest absolute Gasteiger partial charge is 0.308 e. The Morgan fingerprint density at radius 2 is 2.00 bits per heavy atom. The first-order chi connectivity index (χ1) is 5.00. The summed E-state index contributed by atoms with van der Waals surface area (Å²) in [5, 5.41) is 8.77. The fourth-order valence-corrected chi connectivity index (χ4v) is 1.22. The first-order valence-electron chi connectivity index (χ1n) is 3.99. The van der Waals surface area contributed by atoms with Crippen molar-refractivity contribution in [1.82, 2.24) is 0 Å². The van der Waals surface area contributed by atoms with Crippen molar-refractivity contribution >= 4 is 5.97 Å². The molecule has 0 saturated heterocycles. The van der Waals surface area contributed by atoms with Crippen LogP contribution in [0.25, 0.3) is 0 Å². The molecular formula is C8H17NO2. The molecular weight excluding hydrogens is 142 g/mol. The molecule has 66 valence electrons. The molecule has 0 radical (unpaired) electrons. The maximum Gasteiger partial charge on any atom is 0.308 e. The number of aliphatic carboxylic acids is 1. The van der Waals surface area contributed by atoms with Crippen molar-refractivity contribution in [3.05, 3.63) is 0 Å². The van der Waals surface area contributed by atoms with Gasteiger partial charge in [-0.2, -0.15) is 0 Å². The van der Waals surface area contributed by atoms with Gasteiger partial charge in [-0.1, -0.05) is 20.8 Å². The third-order valence-electron chi connectivity index (χ3n) is 1.94. The number of carboxylic acids is 1. The van der Waals surface area contributed by atoms with Crippen LogP contribution in [-0.4, -0.2) is 17.1 Å². The van der Waals surface area contributed by atoms with Crippen LogP contribution >= 0.6 is 0 Å². The van der Waals surface area contributed by atoms with Crippen LogP contribution in [0.4, 0.5) is 0 Å². The highest BCUT2D eigenvalue weighted by Gasteiger charge is 2.26. The standard InChI is InChI=1S/C8H17NO2/c1-4-6(9)7(5(2)3)8(10)11/h5-7H,4,9H2,1-3H3,(H,10,11). The minimum atomic E-state index is -0.783.